The Morgan fingerprint density at radius 1 is 1.41 bits per heavy atom. The topological polar surface area (TPSA) is 37.9 Å². The quantitative estimate of drug-likeness (QED) is 0.908. The van der Waals surface area contributed by atoms with E-state index in [0.717, 1.165) is 5.69 Å². The lowest BCUT2D eigenvalue weighted by atomic mass is 10.1. The van der Waals surface area contributed by atoms with E-state index in [0.29, 0.717) is 16.1 Å². The maximum Gasteiger partial charge on any atom is 0.387 e. The first-order valence-corrected chi connectivity index (χ1v) is 5.48. The lowest BCUT2D eigenvalue weighted by molar-refractivity contribution is -0.0499. The minimum atomic E-state index is -2.86. The Kier molecular flexibility index (Phi) is 3.19. The Bertz CT molecular complexity index is 539. The molecule has 0 unspecified atom stereocenters. The Labute approximate surface area is 102 Å². The minimum Gasteiger partial charge on any atom is -0.433 e. The largest absolute Gasteiger partial charge is 0.433 e. The van der Waals surface area contributed by atoms with Gasteiger partial charge in [-0.05, 0) is 12.0 Å². The number of nitrogens with one attached hydrogen (secondary N) is 1. The van der Waals surface area contributed by atoms with Crippen LogP contribution in [0, 0.1) is 0 Å². The fourth-order valence-corrected chi connectivity index (χ4v) is 2.01. The molecule has 3 nitrogen and oxygen atoms in total. The number of hydrogen-bond donors (Lipinski definition) is 1. The summed E-state index contributed by atoms with van der Waals surface area (Å²) in [4.78, 5) is 7.06. The Hall–Kier alpha value is -1.36. The molecule has 0 spiro atoms. The molecule has 0 bridgehead atoms. The summed E-state index contributed by atoms with van der Waals surface area (Å²) in [6.45, 7) is 1.09. The summed E-state index contributed by atoms with van der Waals surface area (Å²) >= 11 is 6.15. The maximum atomic E-state index is 12.1. The fraction of sp³-hybridized carbons (Fsp3) is 0.364. The average Bonchev–Trinajstić information content (AvgIpc) is 2.56. The van der Waals surface area contributed by atoms with Gasteiger partial charge in [-0.1, -0.05) is 25.4 Å². The Morgan fingerprint density at radius 2 is 2.12 bits per heavy atom. The second-order valence-corrected chi connectivity index (χ2v) is 4.33. The number of rotatable bonds is 3. The monoisotopic (exact) mass is 260 g/mol. The number of pyridine rings is 1. The Balaban J connectivity index is 2.49. The number of halogens is 3. The van der Waals surface area contributed by atoms with Crippen molar-refractivity contribution in [2.24, 2.45) is 0 Å². The van der Waals surface area contributed by atoms with Crippen LogP contribution in [0.15, 0.2) is 12.3 Å². The molecular weight excluding hydrogens is 250 g/mol. The van der Waals surface area contributed by atoms with Crippen LogP contribution in [0.5, 0.6) is 5.75 Å². The number of aromatic amines is 1. The molecule has 0 atom stereocenters. The first-order valence-electron chi connectivity index (χ1n) is 5.11. The van der Waals surface area contributed by atoms with Gasteiger partial charge in [0.05, 0.1) is 11.2 Å². The zero-order valence-electron chi connectivity index (χ0n) is 9.30. The third-order valence-electron chi connectivity index (χ3n) is 2.39. The second-order valence-electron chi connectivity index (χ2n) is 3.95. The molecule has 0 radical (unpaired) electrons. The van der Waals surface area contributed by atoms with Crippen LogP contribution in [0.1, 0.15) is 25.5 Å². The predicted octanol–water partition coefficient (Wildman–Crippen LogP) is 3.94. The lowest BCUT2D eigenvalue weighted by Gasteiger charge is -2.03. The van der Waals surface area contributed by atoms with Crippen molar-refractivity contribution in [3.8, 4) is 5.75 Å². The Morgan fingerprint density at radius 3 is 2.71 bits per heavy atom. The molecule has 0 aromatic carbocycles. The van der Waals surface area contributed by atoms with Crippen LogP contribution in [0.4, 0.5) is 8.78 Å². The third kappa shape index (κ3) is 2.34. The molecule has 0 amide bonds. The van der Waals surface area contributed by atoms with Gasteiger partial charge in [-0.3, -0.25) is 0 Å². The van der Waals surface area contributed by atoms with E-state index in [4.69, 9.17) is 11.6 Å². The normalized spacial score (nSPS) is 11.7. The van der Waals surface area contributed by atoms with Gasteiger partial charge in [-0.25, -0.2) is 4.98 Å². The summed E-state index contributed by atoms with van der Waals surface area (Å²) < 4.78 is 28.4. The van der Waals surface area contributed by atoms with Gasteiger partial charge in [0.1, 0.15) is 11.4 Å². The highest BCUT2D eigenvalue weighted by atomic mass is 35.5. The maximum absolute atomic E-state index is 12.1. The van der Waals surface area contributed by atoms with Crippen LogP contribution in [0.25, 0.3) is 11.0 Å². The van der Waals surface area contributed by atoms with Crippen LogP contribution in [-0.4, -0.2) is 16.6 Å². The lowest BCUT2D eigenvalue weighted by Crippen LogP contribution is -2.01. The molecule has 0 fully saturated rings. The first-order chi connectivity index (χ1) is 7.99. The summed E-state index contributed by atoms with van der Waals surface area (Å²) in [6, 6.07) is 1.46. The molecule has 1 N–H and O–H groups in total. The van der Waals surface area contributed by atoms with Crippen molar-refractivity contribution in [2.75, 3.05) is 0 Å². The number of H-pyrrole nitrogens is 1. The molecule has 0 aliphatic heterocycles. The summed E-state index contributed by atoms with van der Waals surface area (Å²) in [6.07, 6.45) is 1.24. The van der Waals surface area contributed by atoms with Gasteiger partial charge >= 0.3 is 6.61 Å². The summed E-state index contributed by atoms with van der Waals surface area (Å²) in [5, 5.41) is 1.09. The highest BCUT2D eigenvalue weighted by Gasteiger charge is 2.14. The molecule has 0 saturated carbocycles. The molecule has 92 valence electrons. The van der Waals surface area contributed by atoms with Crippen molar-refractivity contribution in [1.82, 2.24) is 9.97 Å². The molecule has 6 heteroatoms. The number of ether oxygens (including phenoxy) is 1. The molecule has 0 aliphatic rings. The average molecular weight is 261 g/mol. The van der Waals surface area contributed by atoms with E-state index in [1.54, 1.807) is 0 Å². The number of aromatic nitrogens is 2. The van der Waals surface area contributed by atoms with Crippen molar-refractivity contribution in [1.29, 1.82) is 0 Å². The van der Waals surface area contributed by atoms with Gasteiger partial charge in [0.2, 0.25) is 0 Å². The van der Waals surface area contributed by atoms with Crippen molar-refractivity contribution >= 4 is 22.6 Å². The first kappa shape index (κ1) is 12.1. The highest BCUT2D eigenvalue weighted by molar-refractivity contribution is 6.36. The molecule has 2 aromatic rings. The van der Waals surface area contributed by atoms with E-state index in [9.17, 15) is 8.78 Å². The summed E-state index contributed by atoms with van der Waals surface area (Å²) in [5.74, 6) is 0.208. The van der Waals surface area contributed by atoms with Crippen LogP contribution in [-0.2, 0) is 0 Å². The fourth-order valence-electron chi connectivity index (χ4n) is 1.61. The number of hydrogen-bond acceptors (Lipinski definition) is 2. The van der Waals surface area contributed by atoms with E-state index in [1.807, 2.05) is 13.8 Å². The molecule has 2 aromatic heterocycles. The molecule has 0 saturated heterocycles. The number of alkyl halides is 2. The van der Waals surface area contributed by atoms with Gasteiger partial charge < -0.3 is 9.72 Å². The van der Waals surface area contributed by atoms with Crippen molar-refractivity contribution in [3.63, 3.8) is 0 Å². The van der Waals surface area contributed by atoms with Crippen molar-refractivity contribution < 1.29 is 13.5 Å². The van der Waals surface area contributed by atoms with Crippen LogP contribution >= 0.6 is 11.6 Å². The number of nitrogens with zero attached hydrogens (tertiary/aromatic N) is 1. The molecule has 2 rings (SSSR count). The van der Waals surface area contributed by atoms with Gasteiger partial charge in [-0.2, -0.15) is 8.78 Å². The standard InChI is InChI=1S/C11H11ClF2N2O/c1-5(2)9-8(12)7-3-6(17-11(13)14)4-15-10(7)16-9/h3-5,11H,1-2H3,(H,15,16). The van der Waals surface area contributed by atoms with Crippen molar-refractivity contribution in [2.45, 2.75) is 26.4 Å². The van der Waals surface area contributed by atoms with Gasteiger partial charge in [0.15, 0.2) is 0 Å². The van der Waals surface area contributed by atoms with Gasteiger partial charge in [0, 0.05) is 11.1 Å². The molecule has 17 heavy (non-hydrogen) atoms. The zero-order chi connectivity index (χ0) is 12.6. The number of fused-ring (bicyclic) bond motifs is 1. The van der Waals surface area contributed by atoms with Crippen LogP contribution < -0.4 is 4.74 Å². The molecular formula is C11H11ClF2N2O. The predicted molar refractivity (Wildman–Crippen MR) is 61.8 cm³/mol. The summed E-state index contributed by atoms with van der Waals surface area (Å²) in [5.41, 5.74) is 1.41. The molecule has 0 aliphatic carbocycles. The third-order valence-corrected chi connectivity index (χ3v) is 2.80. The van der Waals surface area contributed by atoms with E-state index >= 15 is 0 Å². The SMILES string of the molecule is CC(C)c1[nH]c2ncc(OC(F)F)cc2c1Cl. The summed E-state index contributed by atoms with van der Waals surface area (Å²) in [7, 11) is 0. The zero-order valence-corrected chi connectivity index (χ0v) is 10.1. The highest BCUT2D eigenvalue weighted by Crippen LogP contribution is 2.32. The van der Waals surface area contributed by atoms with Gasteiger partial charge in [0.25, 0.3) is 0 Å². The van der Waals surface area contributed by atoms with E-state index < -0.39 is 6.61 Å². The van der Waals surface area contributed by atoms with Crippen molar-refractivity contribution in [3.05, 3.63) is 23.0 Å². The van der Waals surface area contributed by atoms with Gasteiger partial charge in [-0.15, -0.1) is 0 Å². The van der Waals surface area contributed by atoms with Crippen LogP contribution in [0.3, 0.4) is 0 Å². The molecule has 2 heterocycles. The smallest absolute Gasteiger partial charge is 0.387 e. The second kappa shape index (κ2) is 4.49. The van der Waals surface area contributed by atoms with E-state index in [1.165, 1.54) is 12.3 Å². The van der Waals surface area contributed by atoms with E-state index in [-0.39, 0.29) is 11.7 Å². The minimum absolute atomic E-state index is 0.00343. The van der Waals surface area contributed by atoms with E-state index in [2.05, 4.69) is 14.7 Å². The van der Waals surface area contributed by atoms with Crippen LogP contribution in [0.2, 0.25) is 5.02 Å².